The maximum atomic E-state index is 5.97. The van der Waals surface area contributed by atoms with Gasteiger partial charge in [0.15, 0.2) is 11.5 Å². The molecule has 0 bridgehead atoms. The fourth-order valence-electron chi connectivity index (χ4n) is 2.80. The van der Waals surface area contributed by atoms with Crippen molar-refractivity contribution in [3.8, 4) is 17.2 Å². The van der Waals surface area contributed by atoms with Crippen molar-refractivity contribution in [3.63, 3.8) is 0 Å². The maximum absolute atomic E-state index is 5.97. The summed E-state index contributed by atoms with van der Waals surface area (Å²) in [5, 5.41) is 3.45. The first-order valence-electron chi connectivity index (χ1n) is 9.70. The monoisotopic (exact) mass is 369 g/mol. The van der Waals surface area contributed by atoms with Crippen LogP contribution in [0.5, 0.6) is 17.2 Å². The van der Waals surface area contributed by atoms with Crippen LogP contribution in [0.3, 0.4) is 0 Å². The summed E-state index contributed by atoms with van der Waals surface area (Å²) < 4.78 is 17.3. The summed E-state index contributed by atoms with van der Waals surface area (Å²) in [6.45, 7) is 12.6. The molecule has 0 saturated heterocycles. The van der Waals surface area contributed by atoms with Crippen molar-refractivity contribution in [2.45, 2.75) is 40.2 Å². The van der Waals surface area contributed by atoms with E-state index in [2.05, 4.69) is 31.0 Å². The molecule has 0 fully saturated rings. The summed E-state index contributed by atoms with van der Waals surface area (Å²) in [6, 6.07) is 12.2. The molecule has 0 aromatic heterocycles. The lowest BCUT2D eigenvalue weighted by molar-refractivity contribution is 0.274. The van der Waals surface area contributed by atoms with E-state index in [1.165, 1.54) is 0 Å². The summed E-state index contributed by atoms with van der Waals surface area (Å²) in [5.74, 6) is 2.52. The maximum Gasteiger partial charge on any atom is 0.164 e. The smallest absolute Gasteiger partial charge is 0.164 e. The van der Waals surface area contributed by atoms with Crippen LogP contribution in [0, 0.1) is 0 Å². The minimum Gasteiger partial charge on any atom is -0.494 e. The lowest BCUT2D eigenvalue weighted by Crippen LogP contribution is -2.06. The highest BCUT2D eigenvalue weighted by atomic mass is 16.5. The molecule has 2 aromatic rings. The van der Waals surface area contributed by atoms with Gasteiger partial charge in [-0.1, -0.05) is 13.0 Å². The van der Waals surface area contributed by atoms with Gasteiger partial charge >= 0.3 is 0 Å². The minimum absolute atomic E-state index is 0.603. The van der Waals surface area contributed by atoms with E-state index in [1.807, 2.05) is 44.2 Å². The van der Waals surface area contributed by atoms with E-state index in [9.17, 15) is 0 Å². The second-order valence-corrected chi connectivity index (χ2v) is 6.17. The predicted molar refractivity (Wildman–Crippen MR) is 112 cm³/mol. The molecule has 4 nitrogen and oxygen atoms in total. The topological polar surface area (TPSA) is 39.7 Å². The zero-order valence-corrected chi connectivity index (χ0v) is 16.7. The average molecular weight is 370 g/mol. The van der Waals surface area contributed by atoms with Crippen molar-refractivity contribution in [2.24, 2.45) is 0 Å². The molecule has 0 atom stereocenters. The number of benzene rings is 2. The Bertz CT molecular complexity index is 710. The highest BCUT2D eigenvalue weighted by Gasteiger charge is 2.13. The normalized spacial score (nSPS) is 10.3. The van der Waals surface area contributed by atoms with Crippen LogP contribution in [0.4, 0.5) is 5.69 Å². The van der Waals surface area contributed by atoms with E-state index in [0.29, 0.717) is 26.4 Å². The molecule has 0 saturated carbocycles. The molecule has 0 unspecified atom stereocenters. The molecule has 0 spiro atoms. The first-order valence-corrected chi connectivity index (χ1v) is 9.70. The number of nitrogens with one attached hydrogen (secondary N) is 1. The molecule has 0 aliphatic rings. The molecule has 27 heavy (non-hydrogen) atoms. The Balaban J connectivity index is 2.18. The van der Waals surface area contributed by atoms with Crippen molar-refractivity contribution in [2.75, 3.05) is 25.1 Å². The molecular formula is C23H31NO3. The van der Waals surface area contributed by atoms with Gasteiger partial charge in [-0.15, -0.1) is 6.58 Å². The van der Waals surface area contributed by atoms with Gasteiger partial charge in [-0.25, -0.2) is 0 Å². The van der Waals surface area contributed by atoms with E-state index in [-0.39, 0.29) is 0 Å². The van der Waals surface area contributed by atoms with E-state index in [4.69, 9.17) is 14.2 Å². The van der Waals surface area contributed by atoms with E-state index in [0.717, 1.165) is 46.9 Å². The number of hydrogen-bond acceptors (Lipinski definition) is 4. The second-order valence-electron chi connectivity index (χ2n) is 6.17. The lowest BCUT2D eigenvalue weighted by Gasteiger charge is -2.18. The van der Waals surface area contributed by atoms with Crippen molar-refractivity contribution < 1.29 is 14.2 Å². The molecule has 4 heteroatoms. The molecule has 2 rings (SSSR count). The summed E-state index contributed by atoms with van der Waals surface area (Å²) in [7, 11) is 0. The van der Waals surface area contributed by atoms with Gasteiger partial charge in [-0.2, -0.15) is 0 Å². The van der Waals surface area contributed by atoms with E-state index < -0.39 is 0 Å². The summed E-state index contributed by atoms with van der Waals surface area (Å²) >= 11 is 0. The van der Waals surface area contributed by atoms with Crippen molar-refractivity contribution in [1.82, 2.24) is 0 Å². The van der Waals surface area contributed by atoms with Crippen LogP contribution in [-0.4, -0.2) is 19.8 Å². The van der Waals surface area contributed by atoms with Crippen molar-refractivity contribution in [3.05, 3.63) is 60.2 Å². The Morgan fingerprint density at radius 3 is 2.33 bits per heavy atom. The second kappa shape index (κ2) is 11.2. The van der Waals surface area contributed by atoms with Crippen LogP contribution < -0.4 is 19.5 Å². The van der Waals surface area contributed by atoms with Gasteiger partial charge in [-0.05, 0) is 68.7 Å². The Morgan fingerprint density at radius 2 is 1.70 bits per heavy atom. The zero-order chi connectivity index (χ0) is 19.5. The van der Waals surface area contributed by atoms with Crippen LogP contribution in [-0.2, 0) is 13.0 Å². The number of hydrogen-bond donors (Lipinski definition) is 1. The highest BCUT2D eigenvalue weighted by Crippen LogP contribution is 2.34. The molecular weight excluding hydrogens is 338 g/mol. The molecule has 146 valence electrons. The number of allylic oxidation sites excluding steroid dienone is 1. The average Bonchev–Trinajstić information content (AvgIpc) is 2.67. The van der Waals surface area contributed by atoms with Crippen LogP contribution in [0.15, 0.2) is 49.1 Å². The molecule has 0 aliphatic heterocycles. The first-order chi connectivity index (χ1) is 13.2. The SMILES string of the molecule is C=CCc1cc(CNc2ccc(OCC)cc2)cc(OCC)c1OCCC. The summed E-state index contributed by atoms with van der Waals surface area (Å²) in [5.41, 5.74) is 3.30. The molecule has 0 aliphatic carbocycles. The Kier molecular flexibility index (Phi) is 8.56. The van der Waals surface area contributed by atoms with E-state index >= 15 is 0 Å². The van der Waals surface area contributed by atoms with Gasteiger partial charge < -0.3 is 19.5 Å². The van der Waals surface area contributed by atoms with Crippen LogP contribution in [0.25, 0.3) is 0 Å². The highest BCUT2D eigenvalue weighted by molar-refractivity contribution is 5.52. The quantitative estimate of drug-likeness (QED) is 0.493. The van der Waals surface area contributed by atoms with Gasteiger partial charge in [0.2, 0.25) is 0 Å². The standard InChI is InChI=1S/C23H31NO3/c1-5-9-19-15-18(16-22(26-8-4)23(19)27-14-6-2)17-24-20-10-12-21(13-11-20)25-7-3/h5,10-13,15-16,24H,1,6-9,14,17H2,2-4H3. The Hall–Kier alpha value is -2.62. The third-order valence-electron chi connectivity index (χ3n) is 3.97. The van der Waals surface area contributed by atoms with Gasteiger partial charge in [0.1, 0.15) is 5.75 Å². The Morgan fingerprint density at radius 1 is 0.963 bits per heavy atom. The molecule has 0 heterocycles. The summed E-state index contributed by atoms with van der Waals surface area (Å²) in [6.07, 6.45) is 3.60. The Labute approximate surface area is 163 Å². The van der Waals surface area contributed by atoms with Crippen LogP contribution in [0.1, 0.15) is 38.3 Å². The first kappa shape index (κ1) is 20.7. The van der Waals surface area contributed by atoms with Crippen molar-refractivity contribution in [1.29, 1.82) is 0 Å². The number of ether oxygens (including phenoxy) is 3. The lowest BCUT2D eigenvalue weighted by atomic mass is 10.1. The van der Waals surface area contributed by atoms with Gasteiger partial charge in [0.05, 0.1) is 19.8 Å². The van der Waals surface area contributed by atoms with E-state index in [1.54, 1.807) is 0 Å². The number of rotatable bonds is 12. The van der Waals surface area contributed by atoms with Crippen LogP contribution in [0.2, 0.25) is 0 Å². The fourth-order valence-corrected chi connectivity index (χ4v) is 2.80. The van der Waals surface area contributed by atoms with Crippen LogP contribution >= 0.6 is 0 Å². The third-order valence-corrected chi connectivity index (χ3v) is 3.97. The fraction of sp³-hybridized carbons (Fsp3) is 0.391. The molecule has 2 aromatic carbocycles. The largest absolute Gasteiger partial charge is 0.494 e. The molecule has 0 amide bonds. The molecule has 1 N–H and O–H groups in total. The third kappa shape index (κ3) is 6.24. The predicted octanol–water partition coefficient (Wildman–Crippen LogP) is 5.61. The minimum atomic E-state index is 0.603. The van der Waals surface area contributed by atoms with Gasteiger partial charge in [0.25, 0.3) is 0 Å². The van der Waals surface area contributed by atoms with Crippen molar-refractivity contribution >= 4 is 5.69 Å². The van der Waals surface area contributed by atoms with Gasteiger partial charge in [-0.3, -0.25) is 0 Å². The number of anilines is 1. The summed E-state index contributed by atoms with van der Waals surface area (Å²) in [4.78, 5) is 0. The van der Waals surface area contributed by atoms with Gasteiger partial charge in [0, 0.05) is 17.8 Å². The molecule has 0 radical (unpaired) electrons. The zero-order valence-electron chi connectivity index (χ0n) is 16.7.